The lowest BCUT2D eigenvalue weighted by molar-refractivity contribution is 0.590. The van der Waals surface area contributed by atoms with Gasteiger partial charge in [0.2, 0.25) is 0 Å². The lowest BCUT2D eigenvalue weighted by atomic mass is 10.1. The van der Waals surface area contributed by atoms with E-state index in [1.165, 1.54) is 0 Å². The molecule has 0 aliphatic rings. The number of hydrogen-bond acceptors (Lipinski definition) is 4. The molecule has 0 saturated heterocycles. The van der Waals surface area contributed by atoms with E-state index in [1.807, 2.05) is 25.1 Å². The molecule has 0 bridgehead atoms. The van der Waals surface area contributed by atoms with Crippen molar-refractivity contribution in [3.8, 4) is 11.3 Å². The molecule has 0 saturated carbocycles. The molecule has 3 rings (SSSR count). The van der Waals surface area contributed by atoms with E-state index in [1.54, 1.807) is 13.2 Å². The Bertz CT molecular complexity index is 668. The predicted molar refractivity (Wildman–Crippen MR) is 65.9 cm³/mol. The van der Waals surface area contributed by atoms with Crippen molar-refractivity contribution in [3.05, 3.63) is 30.2 Å². The number of oxazole rings is 1. The molecule has 5 nitrogen and oxygen atoms in total. The van der Waals surface area contributed by atoms with Crippen molar-refractivity contribution in [2.45, 2.75) is 6.92 Å². The molecule has 1 aromatic carbocycles. The maximum Gasteiger partial charge on any atom is 0.294 e. The van der Waals surface area contributed by atoms with E-state index in [2.05, 4.69) is 20.3 Å². The van der Waals surface area contributed by atoms with Gasteiger partial charge in [-0.25, -0.2) is 9.97 Å². The van der Waals surface area contributed by atoms with E-state index in [0.29, 0.717) is 6.01 Å². The highest BCUT2D eigenvalue weighted by molar-refractivity contribution is 5.80. The summed E-state index contributed by atoms with van der Waals surface area (Å²) < 4.78 is 5.52. The first-order valence-corrected chi connectivity index (χ1v) is 5.36. The summed E-state index contributed by atoms with van der Waals surface area (Å²) in [6.45, 7) is 1.94. The van der Waals surface area contributed by atoms with Crippen molar-refractivity contribution in [2.75, 3.05) is 12.4 Å². The molecule has 0 fully saturated rings. The summed E-state index contributed by atoms with van der Waals surface area (Å²) in [5.74, 6) is 1.65. The molecular formula is C12H12N4O. The first kappa shape index (κ1) is 9.89. The van der Waals surface area contributed by atoms with Crippen LogP contribution in [0.1, 0.15) is 5.82 Å². The van der Waals surface area contributed by atoms with Gasteiger partial charge in [-0.1, -0.05) is 0 Å². The van der Waals surface area contributed by atoms with Crippen LogP contribution in [0.2, 0.25) is 0 Å². The summed E-state index contributed by atoms with van der Waals surface area (Å²) in [5, 5.41) is 2.86. The first-order chi connectivity index (χ1) is 8.26. The Morgan fingerprint density at radius 1 is 1.35 bits per heavy atom. The first-order valence-electron chi connectivity index (χ1n) is 5.36. The van der Waals surface area contributed by atoms with Gasteiger partial charge in [0.15, 0.2) is 5.76 Å². The lowest BCUT2D eigenvalue weighted by Gasteiger charge is -1.96. The molecule has 17 heavy (non-hydrogen) atoms. The number of rotatable bonds is 2. The Balaban J connectivity index is 2.10. The number of aryl methyl sites for hydroxylation is 1. The van der Waals surface area contributed by atoms with Gasteiger partial charge >= 0.3 is 0 Å². The van der Waals surface area contributed by atoms with Crippen LogP contribution in [-0.4, -0.2) is 22.0 Å². The van der Waals surface area contributed by atoms with Crippen molar-refractivity contribution in [3.63, 3.8) is 0 Å². The molecule has 0 atom stereocenters. The summed E-state index contributed by atoms with van der Waals surface area (Å²) >= 11 is 0. The SMILES string of the molecule is CNc1ncc(-c2ccc3nc(C)[nH]c3c2)o1. The highest BCUT2D eigenvalue weighted by Crippen LogP contribution is 2.25. The highest BCUT2D eigenvalue weighted by atomic mass is 16.4. The van der Waals surface area contributed by atoms with Crippen LogP contribution in [-0.2, 0) is 0 Å². The quantitative estimate of drug-likeness (QED) is 0.707. The number of nitrogens with zero attached hydrogens (tertiary/aromatic N) is 2. The van der Waals surface area contributed by atoms with Crippen LogP contribution in [0.15, 0.2) is 28.8 Å². The second-order valence-electron chi connectivity index (χ2n) is 3.83. The monoisotopic (exact) mass is 228 g/mol. The topological polar surface area (TPSA) is 66.7 Å². The second-order valence-corrected chi connectivity index (χ2v) is 3.83. The fourth-order valence-electron chi connectivity index (χ4n) is 1.81. The number of fused-ring (bicyclic) bond motifs is 1. The number of H-pyrrole nitrogens is 1. The van der Waals surface area contributed by atoms with Gasteiger partial charge in [-0.15, -0.1) is 0 Å². The average molecular weight is 228 g/mol. The third-order valence-corrected chi connectivity index (χ3v) is 2.60. The molecule has 0 amide bonds. The minimum absolute atomic E-state index is 0.515. The molecule has 5 heteroatoms. The molecule has 86 valence electrons. The third-order valence-electron chi connectivity index (χ3n) is 2.60. The zero-order valence-electron chi connectivity index (χ0n) is 9.61. The number of hydrogen-bond donors (Lipinski definition) is 2. The maximum absolute atomic E-state index is 5.52. The van der Waals surface area contributed by atoms with E-state index >= 15 is 0 Å². The molecule has 0 spiro atoms. The fourth-order valence-corrected chi connectivity index (χ4v) is 1.81. The summed E-state index contributed by atoms with van der Waals surface area (Å²) in [5.41, 5.74) is 2.94. The number of benzene rings is 1. The minimum Gasteiger partial charge on any atom is -0.424 e. The number of nitrogens with one attached hydrogen (secondary N) is 2. The molecule has 3 aromatic rings. The van der Waals surface area contributed by atoms with Crippen LogP contribution in [0.25, 0.3) is 22.4 Å². The van der Waals surface area contributed by atoms with E-state index < -0.39 is 0 Å². The number of aromatic nitrogens is 3. The standard InChI is InChI=1S/C12H12N4O/c1-7-15-9-4-3-8(5-10(9)16-7)11-6-14-12(13-2)17-11/h3-6H,1-2H3,(H,13,14)(H,15,16). The second kappa shape index (κ2) is 3.62. The molecule has 0 aliphatic heterocycles. The Morgan fingerprint density at radius 3 is 3.00 bits per heavy atom. The van der Waals surface area contributed by atoms with Gasteiger partial charge in [-0.3, -0.25) is 0 Å². The van der Waals surface area contributed by atoms with Crippen molar-refractivity contribution in [2.24, 2.45) is 0 Å². The smallest absolute Gasteiger partial charge is 0.294 e. The lowest BCUT2D eigenvalue weighted by Crippen LogP contribution is -1.85. The molecule has 2 aromatic heterocycles. The van der Waals surface area contributed by atoms with Crippen LogP contribution in [0.3, 0.4) is 0 Å². The van der Waals surface area contributed by atoms with Crippen molar-refractivity contribution in [1.29, 1.82) is 0 Å². The van der Waals surface area contributed by atoms with Crippen LogP contribution >= 0.6 is 0 Å². The summed E-state index contributed by atoms with van der Waals surface area (Å²) in [7, 11) is 1.77. The number of anilines is 1. The van der Waals surface area contributed by atoms with Gasteiger partial charge in [-0.05, 0) is 25.1 Å². The fraction of sp³-hybridized carbons (Fsp3) is 0.167. The van der Waals surface area contributed by atoms with Gasteiger partial charge in [0.1, 0.15) is 5.82 Å². The van der Waals surface area contributed by atoms with Crippen LogP contribution in [0.5, 0.6) is 0 Å². The molecule has 2 heterocycles. The summed E-state index contributed by atoms with van der Waals surface area (Å²) in [6.07, 6.45) is 1.70. The van der Waals surface area contributed by atoms with E-state index in [-0.39, 0.29) is 0 Å². The van der Waals surface area contributed by atoms with Gasteiger partial charge in [0, 0.05) is 12.6 Å². The van der Waals surface area contributed by atoms with Crippen LogP contribution in [0, 0.1) is 6.92 Å². The van der Waals surface area contributed by atoms with E-state index in [9.17, 15) is 0 Å². The zero-order valence-corrected chi connectivity index (χ0v) is 9.61. The Morgan fingerprint density at radius 2 is 2.24 bits per heavy atom. The van der Waals surface area contributed by atoms with Crippen molar-refractivity contribution >= 4 is 17.0 Å². The number of imidazole rings is 1. The largest absolute Gasteiger partial charge is 0.424 e. The van der Waals surface area contributed by atoms with Crippen LogP contribution in [0.4, 0.5) is 6.01 Å². The maximum atomic E-state index is 5.52. The Labute approximate surface area is 97.9 Å². The Kier molecular flexibility index (Phi) is 2.11. The van der Waals surface area contributed by atoms with Gasteiger partial charge in [0.25, 0.3) is 6.01 Å². The van der Waals surface area contributed by atoms with Gasteiger partial charge in [0.05, 0.1) is 17.2 Å². The Hall–Kier alpha value is -2.30. The summed E-state index contributed by atoms with van der Waals surface area (Å²) in [4.78, 5) is 11.6. The van der Waals surface area contributed by atoms with E-state index in [4.69, 9.17) is 4.42 Å². The van der Waals surface area contributed by atoms with Crippen molar-refractivity contribution < 1.29 is 4.42 Å². The zero-order chi connectivity index (χ0) is 11.8. The normalized spacial score (nSPS) is 10.9. The molecule has 2 N–H and O–H groups in total. The van der Waals surface area contributed by atoms with Crippen LogP contribution < -0.4 is 5.32 Å². The number of aromatic amines is 1. The average Bonchev–Trinajstić information content (AvgIpc) is 2.92. The summed E-state index contributed by atoms with van der Waals surface area (Å²) in [6, 6.07) is 6.47. The molecular weight excluding hydrogens is 216 g/mol. The highest BCUT2D eigenvalue weighted by Gasteiger charge is 2.07. The third kappa shape index (κ3) is 1.65. The molecule has 0 aliphatic carbocycles. The van der Waals surface area contributed by atoms with E-state index in [0.717, 1.165) is 28.2 Å². The minimum atomic E-state index is 0.515. The van der Waals surface area contributed by atoms with Gasteiger partial charge < -0.3 is 14.7 Å². The predicted octanol–water partition coefficient (Wildman–Crippen LogP) is 2.57. The van der Waals surface area contributed by atoms with Crippen molar-refractivity contribution in [1.82, 2.24) is 15.0 Å². The van der Waals surface area contributed by atoms with Gasteiger partial charge in [-0.2, -0.15) is 0 Å². The molecule has 0 unspecified atom stereocenters. The molecule has 0 radical (unpaired) electrons.